The predicted octanol–water partition coefficient (Wildman–Crippen LogP) is 3.49. The zero-order valence-corrected chi connectivity index (χ0v) is 18.7. The van der Waals surface area contributed by atoms with Gasteiger partial charge in [-0.1, -0.05) is 0 Å². The van der Waals surface area contributed by atoms with Gasteiger partial charge in [0, 0.05) is 62.6 Å². The normalized spacial score (nSPS) is 22.2. The number of nitrogens with zero attached hydrogens (tertiary/aromatic N) is 6. The Hall–Kier alpha value is -3.23. The number of amides is 2. The first-order valence-corrected chi connectivity index (χ1v) is 11.3. The topological polar surface area (TPSA) is 104 Å². The molecule has 0 aromatic carbocycles. The monoisotopic (exact) mass is 452 g/mol. The SMILES string of the molecule is [C-]#[N+]c1cnc2[nH]ccc2c1N(C)C1C[C@@H]2CN(C(=O)Nc3nc(COC)ns3)C[C@@H]2C1. The van der Waals surface area contributed by atoms with Crippen LogP contribution in [-0.4, -0.2) is 63.5 Å². The van der Waals surface area contributed by atoms with Crippen molar-refractivity contribution in [3.63, 3.8) is 0 Å². The maximum Gasteiger partial charge on any atom is 0.323 e. The van der Waals surface area contributed by atoms with E-state index in [0.717, 1.165) is 42.7 Å². The number of hydrogen-bond donors (Lipinski definition) is 2. The van der Waals surface area contributed by atoms with Crippen LogP contribution in [0.4, 0.5) is 21.3 Å². The number of pyridine rings is 1. The average molecular weight is 453 g/mol. The molecule has 32 heavy (non-hydrogen) atoms. The minimum atomic E-state index is -0.122. The van der Waals surface area contributed by atoms with Gasteiger partial charge < -0.3 is 19.5 Å². The summed E-state index contributed by atoms with van der Waals surface area (Å²) < 4.78 is 9.20. The van der Waals surface area contributed by atoms with Gasteiger partial charge in [0.1, 0.15) is 12.3 Å². The number of carbonyl (C=O) groups is 1. The van der Waals surface area contributed by atoms with E-state index in [1.165, 1.54) is 11.5 Å². The lowest BCUT2D eigenvalue weighted by Gasteiger charge is -2.30. The second kappa shape index (κ2) is 8.37. The summed E-state index contributed by atoms with van der Waals surface area (Å²) in [5.41, 5.74) is 2.31. The molecular weight excluding hydrogens is 428 g/mol. The van der Waals surface area contributed by atoms with E-state index in [9.17, 15) is 4.79 Å². The number of anilines is 2. The van der Waals surface area contributed by atoms with Crippen molar-refractivity contribution in [1.29, 1.82) is 0 Å². The van der Waals surface area contributed by atoms with E-state index in [4.69, 9.17) is 11.3 Å². The Labute approximate surface area is 189 Å². The van der Waals surface area contributed by atoms with Crippen LogP contribution in [0.1, 0.15) is 18.7 Å². The van der Waals surface area contributed by atoms with E-state index in [-0.39, 0.29) is 6.03 Å². The highest BCUT2D eigenvalue weighted by molar-refractivity contribution is 7.09. The fourth-order valence-electron chi connectivity index (χ4n) is 5.03. The third-order valence-electron chi connectivity index (χ3n) is 6.53. The number of aromatic amines is 1. The molecule has 3 aromatic heterocycles. The predicted molar refractivity (Wildman–Crippen MR) is 122 cm³/mol. The molecule has 2 N–H and O–H groups in total. The lowest BCUT2D eigenvalue weighted by molar-refractivity contribution is 0.179. The summed E-state index contributed by atoms with van der Waals surface area (Å²) in [5, 5.41) is 4.34. The number of H-pyrrole nitrogens is 1. The number of fused-ring (bicyclic) bond motifs is 2. The van der Waals surface area contributed by atoms with E-state index < -0.39 is 0 Å². The van der Waals surface area contributed by atoms with Crippen LogP contribution in [0.15, 0.2) is 18.5 Å². The van der Waals surface area contributed by atoms with E-state index in [2.05, 4.69) is 41.4 Å². The molecule has 3 aromatic rings. The Balaban J connectivity index is 1.24. The number of carbonyl (C=O) groups excluding carboxylic acids is 1. The largest absolute Gasteiger partial charge is 0.380 e. The van der Waals surface area contributed by atoms with Gasteiger partial charge in [0.05, 0.1) is 12.3 Å². The second-order valence-electron chi connectivity index (χ2n) is 8.38. The molecule has 1 saturated carbocycles. The van der Waals surface area contributed by atoms with Gasteiger partial charge in [-0.05, 0) is 30.7 Å². The molecule has 1 aliphatic carbocycles. The molecule has 11 heteroatoms. The van der Waals surface area contributed by atoms with E-state index in [0.29, 0.717) is 41.1 Å². The van der Waals surface area contributed by atoms with Crippen molar-refractivity contribution in [1.82, 2.24) is 24.2 Å². The molecule has 2 aliphatic rings. The third-order valence-corrected chi connectivity index (χ3v) is 7.20. The van der Waals surface area contributed by atoms with Crippen LogP contribution in [0, 0.1) is 18.4 Å². The highest BCUT2D eigenvalue weighted by atomic mass is 32.1. The van der Waals surface area contributed by atoms with Crippen LogP contribution in [0.3, 0.4) is 0 Å². The van der Waals surface area contributed by atoms with Crippen molar-refractivity contribution in [2.24, 2.45) is 11.8 Å². The minimum Gasteiger partial charge on any atom is -0.380 e. The van der Waals surface area contributed by atoms with Crippen LogP contribution in [0.2, 0.25) is 0 Å². The number of nitrogens with one attached hydrogen (secondary N) is 2. The zero-order valence-electron chi connectivity index (χ0n) is 17.9. The number of aromatic nitrogens is 4. The smallest absolute Gasteiger partial charge is 0.323 e. The van der Waals surface area contributed by atoms with E-state index in [1.54, 1.807) is 13.3 Å². The molecule has 166 valence electrons. The van der Waals surface area contributed by atoms with Crippen molar-refractivity contribution < 1.29 is 9.53 Å². The molecule has 1 aliphatic heterocycles. The molecule has 3 atom stereocenters. The molecule has 0 bridgehead atoms. The third kappa shape index (κ3) is 3.65. The molecule has 1 saturated heterocycles. The quantitative estimate of drug-likeness (QED) is 0.575. The van der Waals surface area contributed by atoms with Gasteiger partial charge in [-0.3, -0.25) is 10.3 Å². The molecule has 10 nitrogen and oxygen atoms in total. The van der Waals surface area contributed by atoms with Crippen LogP contribution in [0.5, 0.6) is 0 Å². The number of rotatable bonds is 5. The first kappa shape index (κ1) is 20.7. The average Bonchev–Trinajstić information content (AvgIpc) is 3.55. The lowest BCUT2D eigenvalue weighted by Crippen LogP contribution is -2.36. The number of ether oxygens (including phenoxy) is 1. The molecule has 4 heterocycles. The maximum absolute atomic E-state index is 12.7. The first-order valence-electron chi connectivity index (χ1n) is 10.5. The van der Waals surface area contributed by atoms with Gasteiger partial charge >= 0.3 is 6.03 Å². The van der Waals surface area contributed by atoms with E-state index >= 15 is 0 Å². The van der Waals surface area contributed by atoms with Crippen molar-refractivity contribution in [3.05, 3.63) is 35.7 Å². The van der Waals surface area contributed by atoms with Gasteiger partial charge in [-0.15, -0.1) is 0 Å². The molecule has 2 amide bonds. The van der Waals surface area contributed by atoms with Crippen molar-refractivity contribution >= 4 is 45.1 Å². The first-order chi connectivity index (χ1) is 15.6. The number of likely N-dealkylation sites (tertiary alicyclic amines) is 1. The maximum atomic E-state index is 12.7. The van der Waals surface area contributed by atoms with Gasteiger partial charge in [0.2, 0.25) is 10.8 Å². The Kier molecular flexibility index (Phi) is 5.40. The number of hydrogen-bond acceptors (Lipinski definition) is 7. The summed E-state index contributed by atoms with van der Waals surface area (Å²) >= 11 is 1.17. The Morgan fingerprint density at radius 2 is 2.22 bits per heavy atom. The molecule has 2 fully saturated rings. The fourth-order valence-corrected chi connectivity index (χ4v) is 5.60. The molecular formula is C21H24N8O2S. The summed E-state index contributed by atoms with van der Waals surface area (Å²) in [5.74, 6) is 1.47. The fraction of sp³-hybridized carbons (Fsp3) is 0.476. The summed E-state index contributed by atoms with van der Waals surface area (Å²) in [6.45, 7) is 9.37. The Bertz CT molecular complexity index is 1170. The molecule has 1 unspecified atom stereocenters. The summed E-state index contributed by atoms with van der Waals surface area (Å²) in [6, 6.07) is 2.19. The Morgan fingerprint density at radius 1 is 1.44 bits per heavy atom. The summed E-state index contributed by atoms with van der Waals surface area (Å²) in [7, 11) is 3.66. The van der Waals surface area contributed by atoms with Crippen LogP contribution >= 0.6 is 11.5 Å². The zero-order chi connectivity index (χ0) is 22.2. The minimum absolute atomic E-state index is 0.122. The Morgan fingerprint density at radius 3 is 2.94 bits per heavy atom. The highest BCUT2D eigenvalue weighted by Crippen LogP contribution is 2.44. The van der Waals surface area contributed by atoms with Crippen molar-refractivity contribution in [2.45, 2.75) is 25.5 Å². The standard InChI is InChI=1S/C21H24N8O2S/c1-22-16-8-24-19-15(4-5-23-19)18(16)28(2)14-6-12-9-29(10-13(12)7-14)21(30)26-20-25-17(11-31-3)27-32-20/h4-5,8,12-14H,6-7,9-11H2,2-3H3,(H,23,24)(H,25,26,27,30)/t12-,13+,14?. The van der Waals surface area contributed by atoms with E-state index in [1.807, 2.05) is 17.2 Å². The van der Waals surface area contributed by atoms with Crippen molar-refractivity contribution in [2.75, 3.05) is 37.5 Å². The molecule has 0 radical (unpaired) electrons. The lowest BCUT2D eigenvalue weighted by atomic mass is 10.0. The molecule has 0 spiro atoms. The van der Waals surface area contributed by atoms with Crippen LogP contribution < -0.4 is 10.2 Å². The highest BCUT2D eigenvalue weighted by Gasteiger charge is 2.44. The van der Waals surface area contributed by atoms with Gasteiger partial charge in [-0.2, -0.15) is 4.37 Å². The number of urea groups is 1. The van der Waals surface area contributed by atoms with Crippen LogP contribution in [-0.2, 0) is 11.3 Å². The van der Waals surface area contributed by atoms with Crippen molar-refractivity contribution in [3.8, 4) is 0 Å². The van der Waals surface area contributed by atoms with Gasteiger partial charge in [0.15, 0.2) is 5.82 Å². The molecule has 5 rings (SSSR count). The van der Waals surface area contributed by atoms with Gasteiger partial charge in [0.25, 0.3) is 0 Å². The summed E-state index contributed by atoms with van der Waals surface area (Å²) in [4.78, 5) is 32.3. The van der Waals surface area contributed by atoms with Crippen LogP contribution in [0.25, 0.3) is 15.9 Å². The second-order valence-corrected chi connectivity index (χ2v) is 9.14. The van der Waals surface area contributed by atoms with Gasteiger partial charge in [-0.25, -0.2) is 14.6 Å². The number of methoxy groups -OCH3 is 1. The summed E-state index contributed by atoms with van der Waals surface area (Å²) in [6.07, 6.45) is 5.49.